The van der Waals surface area contributed by atoms with Crippen LogP contribution in [0.3, 0.4) is 0 Å². The number of carbonyl (C=O) groups is 1. The van der Waals surface area contributed by atoms with Crippen LogP contribution in [0, 0.1) is 10.1 Å². The van der Waals surface area contributed by atoms with Gasteiger partial charge in [0.15, 0.2) is 0 Å². The van der Waals surface area contributed by atoms with Crippen molar-refractivity contribution < 1.29 is 9.72 Å². The minimum atomic E-state index is -0.688. The third kappa shape index (κ3) is 3.69. The third-order valence-electron chi connectivity index (χ3n) is 3.96. The number of primary amides is 1. The van der Waals surface area contributed by atoms with E-state index in [2.05, 4.69) is 5.32 Å². The molecule has 2 rings (SSSR count). The summed E-state index contributed by atoms with van der Waals surface area (Å²) in [7, 11) is 0. The van der Waals surface area contributed by atoms with Crippen LogP contribution < -0.4 is 16.8 Å². The average molecular weight is 292 g/mol. The van der Waals surface area contributed by atoms with E-state index in [-0.39, 0.29) is 16.8 Å². The Bertz CT molecular complexity index is 553. The van der Waals surface area contributed by atoms with Gasteiger partial charge in [-0.05, 0) is 25.0 Å². The van der Waals surface area contributed by atoms with Gasteiger partial charge in [0.2, 0.25) is 5.91 Å². The van der Waals surface area contributed by atoms with Crippen molar-refractivity contribution in [2.45, 2.75) is 37.6 Å². The molecule has 1 aromatic carbocycles. The summed E-state index contributed by atoms with van der Waals surface area (Å²) < 4.78 is 0. The van der Waals surface area contributed by atoms with E-state index in [0.29, 0.717) is 12.2 Å². The number of benzene rings is 1. The Balaban J connectivity index is 2.15. The average Bonchev–Trinajstić information content (AvgIpc) is 2.45. The lowest BCUT2D eigenvalue weighted by Gasteiger charge is -2.33. The number of amides is 1. The molecule has 0 radical (unpaired) electrons. The highest BCUT2D eigenvalue weighted by Crippen LogP contribution is 2.29. The molecule has 0 spiro atoms. The quantitative estimate of drug-likeness (QED) is 0.563. The molecule has 1 aromatic rings. The van der Waals surface area contributed by atoms with Crippen LogP contribution >= 0.6 is 0 Å². The molecule has 114 valence electrons. The van der Waals surface area contributed by atoms with Crippen molar-refractivity contribution in [3.8, 4) is 0 Å². The van der Waals surface area contributed by atoms with E-state index in [1.165, 1.54) is 24.6 Å². The molecule has 0 bridgehead atoms. The van der Waals surface area contributed by atoms with E-state index in [0.717, 1.165) is 25.7 Å². The summed E-state index contributed by atoms with van der Waals surface area (Å²) >= 11 is 0. The second kappa shape index (κ2) is 6.09. The highest BCUT2D eigenvalue weighted by Gasteiger charge is 2.28. The molecule has 0 heterocycles. The number of nitrogens with two attached hydrogens (primary N) is 2. The van der Waals surface area contributed by atoms with Crippen LogP contribution in [0.1, 0.15) is 42.5 Å². The van der Waals surface area contributed by atoms with Crippen LogP contribution in [-0.4, -0.2) is 22.9 Å². The number of nitrogens with zero attached hydrogens (tertiary/aromatic N) is 1. The van der Waals surface area contributed by atoms with Gasteiger partial charge < -0.3 is 16.8 Å². The van der Waals surface area contributed by atoms with Gasteiger partial charge in [0.1, 0.15) is 5.69 Å². The first-order valence-corrected chi connectivity index (χ1v) is 7.02. The molecule has 0 aliphatic heterocycles. The lowest BCUT2D eigenvalue weighted by atomic mass is 9.82. The fourth-order valence-corrected chi connectivity index (χ4v) is 2.69. The van der Waals surface area contributed by atoms with Crippen molar-refractivity contribution in [2.24, 2.45) is 11.5 Å². The summed E-state index contributed by atoms with van der Waals surface area (Å²) in [4.78, 5) is 21.7. The molecule has 1 saturated carbocycles. The van der Waals surface area contributed by atoms with E-state index in [9.17, 15) is 14.9 Å². The summed E-state index contributed by atoms with van der Waals surface area (Å²) in [5.41, 5.74) is 11.4. The molecule has 1 fully saturated rings. The van der Waals surface area contributed by atoms with Crippen molar-refractivity contribution in [1.82, 2.24) is 0 Å². The van der Waals surface area contributed by atoms with E-state index >= 15 is 0 Å². The molecule has 1 aliphatic carbocycles. The zero-order valence-corrected chi connectivity index (χ0v) is 11.8. The van der Waals surface area contributed by atoms with E-state index < -0.39 is 10.8 Å². The number of hydrogen-bond donors (Lipinski definition) is 3. The number of nitro benzene ring substituents is 1. The smallest absolute Gasteiger partial charge is 0.293 e. The number of nitrogens with one attached hydrogen (secondary N) is 1. The SMILES string of the molecule is NC(=O)c1ccc(NCC2(N)CCCCC2)c([N+](=O)[O-])c1. The van der Waals surface area contributed by atoms with Crippen LogP contribution in [-0.2, 0) is 0 Å². The number of carbonyl (C=O) groups excluding carboxylic acids is 1. The second-order valence-corrected chi connectivity index (χ2v) is 5.63. The molecule has 0 unspecified atom stereocenters. The van der Waals surface area contributed by atoms with Gasteiger partial charge in [-0.15, -0.1) is 0 Å². The van der Waals surface area contributed by atoms with Gasteiger partial charge in [0.05, 0.1) is 4.92 Å². The van der Waals surface area contributed by atoms with Gasteiger partial charge in [0.25, 0.3) is 5.69 Å². The Kier molecular flexibility index (Phi) is 4.42. The minimum absolute atomic E-state index is 0.118. The summed E-state index contributed by atoms with van der Waals surface area (Å²) in [6.45, 7) is 0.476. The van der Waals surface area contributed by atoms with E-state index in [1.807, 2.05) is 0 Å². The van der Waals surface area contributed by atoms with Crippen molar-refractivity contribution in [2.75, 3.05) is 11.9 Å². The Labute approximate surface area is 122 Å². The number of rotatable bonds is 5. The first-order chi connectivity index (χ1) is 9.91. The Hall–Kier alpha value is -2.15. The Morgan fingerprint density at radius 2 is 2.00 bits per heavy atom. The first-order valence-electron chi connectivity index (χ1n) is 7.02. The highest BCUT2D eigenvalue weighted by atomic mass is 16.6. The molecule has 0 aromatic heterocycles. The normalized spacial score (nSPS) is 17.2. The zero-order chi connectivity index (χ0) is 15.5. The molecular formula is C14H20N4O3. The van der Waals surface area contributed by atoms with Crippen LogP contribution in [0.5, 0.6) is 0 Å². The monoisotopic (exact) mass is 292 g/mol. The van der Waals surface area contributed by atoms with Crippen molar-refractivity contribution in [1.29, 1.82) is 0 Å². The van der Waals surface area contributed by atoms with Crippen LogP contribution in [0.25, 0.3) is 0 Å². The van der Waals surface area contributed by atoms with Gasteiger partial charge in [-0.2, -0.15) is 0 Å². The molecule has 21 heavy (non-hydrogen) atoms. The molecule has 5 N–H and O–H groups in total. The summed E-state index contributed by atoms with van der Waals surface area (Å²) in [6.07, 6.45) is 5.18. The largest absolute Gasteiger partial charge is 0.378 e. The summed E-state index contributed by atoms with van der Waals surface area (Å²) in [6, 6.07) is 4.17. The van der Waals surface area contributed by atoms with Gasteiger partial charge >= 0.3 is 0 Å². The second-order valence-electron chi connectivity index (χ2n) is 5.63. The fourth-order valence-electron chi connectivity index (χ4n) is 2.69. The topological polar surface area (TPSA) is 124 Å². The van der Waals surface area contributed by atoms with Crippen molar-refractivity contribution in [3.05, 3.63) is 33.9 Å². The van der Waals surface area contributed by atoms with E-state index in [4.69, 9.17) is 11.5 Å². The van der Waals surface area contributed by atoms with Gasteiger partial charge in [-0.1, -0.05) is 19.3 Å². The van der Waals surface area contributed by atoms with Gasteiger partial charge in [0, 0.05) is 23.7 Å². The zero-order valence-electron chi connectivity index (χ0n) is 11.8. The molecule has 1 amide bonds. The van der Waals surface area contributed by atoms with Crippen LogP contribution in [0.2, 0.25) is 0 Å². The fraction of sp³-hybridized carbons (Fsp3) is 0.500. The maximum absolute atomic E-state index is 11.1. The van der Waals surface area contributed by atoms with Crippen LogP contribution in [0.15, 0.2) is 18.2 Å². The standard InChI is InChI=1S/C14H20N4O3/c15-13(19)10-4-5-11(12(8-10)18(20)21)17-9-14(16)6-2-1-3-7-14/h4-5,8,17H,1-3,6-7,9,16H2,(H2,15,19). The molecule has 1 aliphatic rings. The first kappa shape index (κ1) is 15.2. The van der Waals surface area contributed by atoms with Crippen molar-refractivity contribution in [3.63, 3.8) is 0 Å². The van der Waals surface area contributed by atoms with E-state index in [1.54, 1.807) is 0 Å². The molecular weight excluding hydrogens is 272 g/mol. The predicted octanol–water partition coefficient (Wildman–Crippen LogP) is 1.77. The highest BCUT2D eigenvalue weighted by molar-refractivity contribution is 5.94. The molecule has 7 nitrogen and oxygen atoms in total. The van der Waals surface area contributed by atoms with Crippen LogP contribution in [0.4, 0.5) is 11.4 Å². The van der Waals surface area contributed by atoms with Gasteiger partial charge in [-0.3, -0.25) is 14.9 Å². The lowest BCUT2D eigenvalue weighted by Crippen LogP contribution is -2.47. The number of anilines is 1. The maximum atomic E-state index is 11.1. The molecule has 7 heteroatoms. The minimum Gasteiger partial charge on any atom is -0.378 e. The lowest BCUT2D eigenvalue weighted by molar-refractivity contribution is -0.384. The Morgan fingerprint density at radius 3 is 2.57 bits per heavy atom. The Morgan fingerprint density at radius 1 is 1.33 bits per heavy atom. The van der Waals surface area contributed by atoms with Crippen molar-refractivity contribution >= 4 is 17.3 Å². The third-order valence-corrected chi connectivity index (χ3v) is 3.96. The molecule has 0 atom stereocenters. The number of hydrogen-bond acceptors (Lipinski definition) is 5. The molecule has 0 saturated heterocycles. The van der Waals surface area contributed by atoms with Gasteiger partial charge in [-0.25, -0.2) is 0 Å². The summed E-state index contributed by atoms with van der Waals surface area (Å²) in [5, 5.41) is 14.2. The predicted molar refractivity (Wildman–Crippen MR) is 80.1 cm³/mol. The number of nitro groups is 1. The maximum Gasteiger partial charge on any atom is 0.293 e. The summed E-state index contributed by atoms with van der Waals surface area (Å²) in [5.74, 6) is -0.688.